The second kappa shape index (κ2) is 17.9. The van der Waals surface area contributed by atoms with E-state index >= 15 is 0 Å². The largest absolute Gasteiger partial charge is 0.465 e. The van der Waals surface area contributed by atoms with Crippen molar-refractivity contribution >= 4 is 78.7 Å². The SMILES string of the molecule is CC(=O)c1ccc([C@H](C)N)cc1.COC(=O)c1ccc([C@H](C)Nc2nc(N)nc3oc(C)cc23)cc1.Cc1cc2c(=O)[nH]c(N)nc2o1.S.S. The Morgan fingerprint density at radius 3 is 1.88 bits per heavy atom. The number of benzene rings is 2. The van der Waals surface area contributed by atoms with E-state index < -0.39 is 0 Å². The number of methoxy groups -OCH3 is 1. The van der Waals surface area contributed by atoms with Crippen LogP contribution in [0.2, 0.25) is 0 Å². The highest BCUT2D eigenvalue weighted by molar-refractivity contribution is 7.59. The summed E-state index contributed by atoms with van der Waals surface area (Å²) in [6.07, 6.45) is 0. The number of rotatable bonds is 6. The lowest BCUT2D eigenvalue weighted by Crippen LogP contribution is -2.10. The van der Waals surface area contributed by atoms with Crippen molar-refractivity contribution in [3.63, 3.8) is 0 Å². The Balaban J connectivity index is 0.000000282. The highest BCUT2D eigenvalue weighted by atomic mass is 32.1. The number of carbonyl (C=O) groups is 2. The van der Waals surface area contributed by atoms with E-state index in [1.807, 2.05) is 51.1 Å². The molecule has 16 heteroatoms. The second-order valence-electron chi connectivity index (χ2n) is 11.0. The van der Waals surface area contributed by atoms with Gasteiger partial charge in [-0.15, -0.1) is 0 Å². The van der Waals surface area contributed by atoms with Crippen LogP contribution in [0.25, 0.3) is 22.2 Å². The molecule has 4 heterocycles. The van der Waals surface area contributed by atoms with Crippen molar-refractivity contribution in [3.8, 4) is 0 Å². The van der Waals surface area contributed by atoms with Gasteiger partial charge in [0.25, 0.3) is 5.56 Å². The monoisotopic (exact) mass is 722 g/mol. The van der Waals surface area contributed by atoms with Crippen molar-refractivity contribution in [3.05, 3.63) is 105 Å². The van der Waals surface area contributed by atoms with Gasteiger partial charge in [0.1, 0.15) is 22.7 Å². The number of nitrogens with two attached hydrogens (primary N) is 3. The molecule has 4 aromatic heterocycles. The lowest BCUT2D eigenvalue weighted by molar-refractivity contribution is 0.0600. The number of Topliss-reactive ketones (excluding diaryl/α,β-unsaturated/α-hetero) is 1. The zero-order valence-corrected chi connectivity index (χ0v) is 30.5. The van der Waals surface area contributed by atoms with Gasteiger partial charge >= 0.3 is 5.97 Å². The number of hydrogen-bond acceptors (Lipinski definition) is 13. The number of carbonyl (C=O) groups excluding carboxylic acids is 2. The Kier molecular flexibility index (Phi) is 14.6. The minimum absolute atomic E-state index is 0. The van der Waals surface area contributed by atoms with Crippen LogP contribution in [0.1, 0.15) is 76.2 Å². The number of ether oxygens (including phenoxy) is 1. The van der Waals surface area contributed by atoms with Gasteiger partial charge in [0, 0.05) is 17.6 Å². The summed E-state index contributed by atoms with van der Waals surface area (Å²) in [6.45, 7) is 9.06. The molecule has 0 aliphatic heterocycles. The molecule has 0 radical (unpaired) electrons. The van der Waals surface area contributed by atoms with Gasteiger partial charge in [-0.05, 0) is 70.0 Å². The van der Waals surface area contributed by atoms with Crippen LogP contribution in [-0.4, -0.2) is 38.8 Å². The van der Waals surface area contributed by atoms with E-state index in [0.29, 0.717) is 28.2 Å². The summed E-state index contributed by atoms with van der Waals surface area (Å²) in [5.74, 6) is 1.94. The number of aromatic amines is 1. The van der Waals surface area contributed by atoms with Crippen LogP contribution < -0.4 is 28.1 Å². The fourth-order valence-electron chi connectivity index (χ4n) is 4.57. The third kappa shape index (κ3) is 10.3. The molecule has 0 unspecified atom stereocenters. The van der Waals surface area contributed by atoms with E-state index in [1.165, 1.54) is 7.11 Å². The molecule has 0 saturated heterocycles. The van der Waals surface area contributed by atoms with Crippen molar-refractivity contribution in [1.29, 1.82) is 0 Å². The van der Waals surface area contributed by atoms with Crippen LogP contribution in [0.15, 0.2) is 74.3 Å². The predicted octanol–water partition coefficient (Wildman–Crippen LogP) is 5.61. The van der Waals surface area contributed by atoms with Crippen molar-refractivity contribution in [2.24, 2.45) is 5.73 Å². The van der Waals surface area contributed by atoms with E-state index in [1.54, 1.807) is 44.2 Å². The molecule has 0 amide bonds. The number of aryl methyl sites for hydroxylation is 2. The van der Waals surface area contributed by atoms with Crippen molar-refractivity contribution in [2.45, 2.75) is 46.7 Å². The number of anilines is 3. The van der Waals surface area contributed by atoms with Gasteiger partial charge in [-0.3, -0.25) is 14.6 Å². The van der Waals surface area contributed by atoms with Gasteiger partial charge in [0.05, 0.1) is 18.1 Å². The van der Waals surface area contributed by atoms with Gasteiger partial charge in [0.2, 0.25) is 23.3 Å². The summed E-state index contributed by atoms with van der Waals surface area (Å²) >= 11 is 0. The first-order valence-corrected chi connectivity index (χ1v) is 14.9. The Morgan fingerprint density at radius 1 is 0.820 bits per heavy atom. The van der Waals surface area contributed by atoms with Gasteiger partial charge in [0.15, 0.2) is 5.78 Å². The predicted molar refractivity (Wildman–Crippen MR) is 204 cm³/mol. The molecule has 0 spiro atoms. The lowest BCUT2D eigenvalue weighted by Gasteiger charge is -2.16. The number of nitrogens with one attached hydrogen (secondary N) is 2. The number of esters is 1. The Morgan fingerprint density at radius 2 is 1.34 bits per heavy atom. The molecule has 6 aromatic rings. The summed E-state index contributed by atoms with van der Waals surface area (Å²) in [7, 11) is 1.36. The number of fused-ring (bicyclic) bond motifs is 2. The maximum absolute atomic E-state index is 11.5. The average molecular weight is 723 g/mol. The number of nitrogens with zero attached hydrogens (tertiary/aromatic N) is 3. The molecule has 8 N–H and O–H groups in total. The average Bonchev–Trinajstić information content (AvgIpc) is 3.62. The second-order valence-corrected chi connectivity index (χ2v) is 11.0. The molecule has 0 fully saturated rings. The number of H-pyrrole nitrogens is 1. The molecular formula is C34H42N8O6S2. The van der Waals surface area contributed by atoms with E-state index in [2.05, 4.69) is 25.3 Å². The van der Waals surface area contributed by atoms with Crippen molar-refractivity contribution in [2.75, 3.05) is 23.9 Å². The lowest BCUT2D eigenvalue weighted by atomic mass is 10.1. The minimum atomic E-state index is -0.360. The molecule has 6 rings (SSSR count). The number of nitrogen functional groups attached to an aromatic ring is 2. The van der Waals surface area contributed by atoms with Crippen molar-refractivity contribution in [1.82, 2.24) is 19.9 Å². The number of ketones is 1. The van der Waals surface area contributed by atoms with E-state index in [-0.39, 0.29) is 74.0 Å². The molecule has 2 atom stereocenters. The van der Waals surface area contributed by atoms with Crippen LogP contribution in [-0.2, 0) is 4.74 Å². The molecule has 0 saturated carbocycles. The molecule has 2 aromatic carbocycles. The number of aromatic nitrogens is 4. The smallest absolute Gasteiger partial charge is 0.337 e. The van der Waals surface area contributed by atoms with Crippen molar-refractivity contribution < 1.29 is 23.2 Å². The topological polar surface area (TPSA) is 231 Å². The molecule has 0 aliphatic rings. The zero-order chi connectivity index (χ0) is 35.1. The van der Waals surface area contributed by atoms with Gasteiger partial charge < -0.3 is 36.1 Å². The number of furan rings is 2. The van der Waals surface area contributed by atoms with Crippen LogP contribution in [0.5, 0.6) is 0 Å². The molecule has 0 bridgehead atoms. The summed E-state index contributed by atoms with van der Waals surface area (Å²) in [6, 6.07) is 18.1. The summed E-state index contributed by atoms with van der Waals surface area (Å²) in [5, 5.41) is 4.52. The van der Waals surface area contributed by atoms with Crippen LogP contribution in [0.4, 0.5) is 17.7 Å². The summed E-state index contributed by atoms with van der Waals surface area (Å²) < 4.78 is 15.3. The summed E-state index contributed by atoms with van der Waals surface area (Å²) in [5.41, 5.74) is 20.5. The molecular weight excluding hydrogens is 681 g/mol. The highest BCUT2D eigenvalue weighted by Crippen LogP contribution is 2.28. The molecule has 14 nitrogen and oxygen atoms in total. The molecule has 266 valence electrons. The van der Waals surface area contributed by atoms with Gasteiger partial charge in [-0.2, -0.15) is 41.9 Å². The van der Waals surface area contributed by atoms with E-state index in [4.69, 9.17) is 30.8 Å². The van der Waals surface area contributed by atoms with E-state index in [9.17, 15) is 14.4 Å². The standard InChI is InChI=1S/C17H18N4O3.C10H13NO.C7H7N3O2.2H2S/c1-9-8-13-14(20-17(18)21-15(13)24-9)19-10(2)11-4-6-12(7-5-11)16(22)23-3;1-7(11)9-3-5-10(6-4-9)8(2)12;1-3-2-4-5(11)9-7(8)10-6(4)12-3;;/h4-8,10H,1-3H3,(H3,18,19,20,21);3-7H,11H2,1-2H3;2H,1H3,(H3,8,9,10,11);2*1H2/t10-;7-;;;/m00.../s1. The third-order valence-electron chi connectivity index (χ3n) is 7.11. The van der Waals surface area contributed by atoms with Crippen LogP contribution >= 0.6 is 27.0 Å². The minimum Gasteiger partial charge on any atom is -0.465 e. The van der Waals surface area contributed by atoms with Gasteiger partial charge in [-0.25, -0.2) is 4.79 Å². The fourth-order valence-corrected chi connectivity index (χ4v) is 4.57. The normalized spacial score (nSPS) is 11.4. The molecule has 50 heavy (non-hydrogen) atoms. The number of hydrogen-bond donors (Lipinski definition) is 5. The maximum atomic E-state index is 11.5. The van der Waals surface area contributed by atoms with Gasteiger partial charge in [-0.1, -0.05) is 36.4 Å². The van der Waals surface area contributed by atoms with E-state index in [0.717, 1.165) is 27.8 Å². The first-order valence-electron chi connectivity index (χ1n) is 14.9. The first-order chi connectivity index (χ1) is 22.7. The summed E-state index contributed by atoms with van der Waals surface area (Å²) in [4.78, 5) is 48.1. The zero-order valence-electron chi connectivity index (χ0n) is 28.5. The third-order valence-corrected chi connectivity index (χ3v) is 7.11. The van der Waals surface area contributed by atoms with Crippen LogP contribution in [0.3, 0.4) is 0 Å². The first kappa shape index (κ1) is 40.9. The maximum Gasteiger partial charge on any atom is 0.337 e. The fraction of sp³-hybridized carbons (Fsp3) is 0.235. The Hall–Kier alpha value is -5.32. The Labute approximate surface area is 302 Å². The molecule has 0 aliphatic carbocycles. The highest BCUT2D eigenvalue weighted by Gasteiger charge is 2.15. The Bertz CT molecular complexity index is 2110. The van der Waals surface area contributed by atoms with Crippen LogP contribution in [0, 0.1) is 13.8 Å². The quantitative estimate of drug-likeness (QED) is 0.104.